The van der Waals surface area contributed by atoms with E-state index >= 15 is 0 Å². The van der Waals surface area contributed by atoms with Crippen LogP contribution in [0.2, 0.25) is 5.02 Å². The van der Waals surface area contributed by atoms with Crippen LogP contribution in [0.15, 0.2) is 65.1 Å². The molecule has 3 rings (SSSR count). The van der Waals surface area contributed by atoms with Crippen LogP contribution in [0.25, 0.3) is 16.9 Å². The summed E-state index contributed by atoms with van der Waals surface area (Å²) in [5, 5.41) is 6.99. The molecule has 0 aliphatic heterocycles. The quantitative estimate of drug-likeness (QED) is 0.699. The summed E-state index contributed by atoms with van der Waals surface area (Å²) < 4.78 is 2.02. The molecule has 0 aliphatic rings. The van der Waals surface area contributed by atoms with Crippen molar-refractivity contribution in [3.05, 3.63) is 69.8 Å². The van der Waals surface area contributed by atoms with E-state index in [1.807, 2.05) is 64.5 Å². The van der Waals surface area contributed by atoms with Gasteiger partial charge in [0.05, 0.1) is 5.69 Å². The van der Waals surface area contributed by atoms with E-state index in [0.717, 1.165) is 16.9 Å². The molecule has 0 saturated heterocycles. The van der Waals surface area contributed by atoms with Crippen molar-refractivity contribution in [2.75, 3.05) is 0 Å². The molecular formula is C18H16ClN3OS. The number of carbonyl (C=O) groups excluding carboxylic acids is 1. The van der Waals surface area contributed by atoms with Gasteiger partial charge in [-0.2, -0.15) is 0 Å². The summed E-state index contributed by atoms with van der Waals surface area (Å²) in [6, 6.07) is 17.6. The van der Waals surface area contributed by atoms with E-state index in [1.54, 1.807) is 6.92 Å². The molecule has 0 spiro atoms. The summed E-state index contributed by atoms with van der Waals surface area (Å²) in [6.07, 6.45) is 0.393. The molecule has 0 bridgehead atoms. The molecule has 3 aromatic rings. The smallest absolute Gasteiger partial charge is 0.239 e. The fourth-order valence-corrected chi connectivity index (χ4v) is 3.22. The Morgan fingerprint density at radius 2 is 1.88 bits per heavy atom. The highest BCUT2D eigenvalue weighted by molar-refractivity contribution is 7.07. The Morgan fingerprint density at radius 3 is 2.54 bits per heavy atom. The number of aromatic nitrogens is 1. The number of halogens is 1. The zero-order chi connectivity index (χ0) is 16.9. The lowest BCUT2D eigenvalue weighted by Gasteiger charge is -2.09. The van der Waals surface area contributed by atoms with Crippen LogP contribution in [0, 0.1) is 0 Å². The molecule has 1 N–H and O–H groups in total. The lowest BCUT2D eigenvalue weighted by molar-refractivity contribution is -0.120. The number of hydrogen-bond donors (Lipinski definition) is 1. The highest BCUT2D eigenvalue weighted by Crippen LogP contribution is 2.24. The van der Waals surface area contributed by atoms with Crippen LogP contribution < -0.4 is 10.2 Å². The van der Waals surface area contributed by atoms with E-state index in [9.17, 15) is 4.79 Å². The number of nitrogens with one attached hydrogen (secondary N) is 1. The molecule has 0 unspecified atom stereocenters. The van der Waals surface area contributed by atoms with E-state index in [2.05, 4.69) is 10.5 Å². The van der Waals surface area contributed by atoms with Crippen molar-refractivity contribution >= 4 is 28.8 Å². The number of thiazole rings is 1. The Labute approximate surface area is 149 Å². The van der Waals surface area contributed by atoms with E-state index < -0.39 is 0 Å². The molecule has 4 nitrogen and oxygen atoms in total. The second-order valence-electron chi connectivity index (χ2n) is 5.08. The summed E-state index contributed by atoms with van der Waals surface area (Å²) in [5.41, 5.74) is 5.59. The maximum atomic E-state index is 11.5. The minimum Gasteiger partial charge on any atom is -0.284 e. The van der Waals surface area contributed by atoms with Gasteiger partial charge in [0.15, 0.2) is 0 Å². The largest absolute Gasteiger partial charge is 0.284 e. The zero-order valence-corrected chi connectivity index (χ0v) is 14.6. The van der Waals surface area contributed by atoms with E-state index in [1.165, 1.54) is 11.3 Å². The summed E-state index contributed by atoms with van der Waals surface area (Å²) in [7, 11) is 0. The third-order valence-electron chi connectivity index (χ3n) is 3.46. The van der Waals surface area contributed by atoms with Gasteiger partial charge in [-0.05, 0) is 29.8 Å². The maximum Gasteiger partial charge on any atom is 0.239 e. The molecule has 0 atom stereocenters. The van der Waals surface area contributed by atoms with Crippen LogP contribution in [0.4, 0.5) is 0 Å². The number of rotatable bonds is 4. The van der Waals surface area contributed by atoms with Gasteiger partial charge in [-0.3, -0.25) is 9.36 Å². The number of nitrogens with zero attached hydrogens (tertiary/aromatic N) is 2. The molecular weight excluding hydrogens is 342 g/mol. The van der Waals surface area contributed by atoms with Crippen molar-refractivity contribution in [2.24, 2.45) is 5.10 Å². The maximum absolute atomic E-state index is 11.5. The fraction of sp³-hybridized carbons (Fsp3) is 0.111. The van der Waals surface area contributed by atoms with Gasteiger partial charge in [-0.15, -0.1) is 16.4 Å². The highest BCUT2D eigenvalue weighted by atomic mass is 35.5. The molecule has 2 aromatic carbocycles. The van der Waals surface area contributed by atoms with Gasteiger partial charge < -0.3 is 0 Å². The molecule has 1 amide bonds. The second-order valence-corrected chi connectivity index (χ2v) is 6.35. The van der Waals surface area contributed by atoms with Crippen molar-refractivity contribution in [2.45, 2.75) is 13.3 Å². The number of carbonyl (C=O) groups is 1. The van der Waals surface area contributed by atoms with Gasteiger partial charge in [-0.25, -0.2) is 5.43 Å². The Hall–Kier alpha value is -2.37. The topological polar surface area (TPSA) is 46.4 Å². The Balaban J connectivity index is 2.15. The van der Waals surface area contributed by atoms with E-state index in [-0.39, 0.29) is 5.91 Å². The summed E-state index contributed by atoms with van der Waals surface area (Å²) >= 11 is 7.46. The molecule has 1 aromatic heterocycles. The molecule has 0 radical (unpaired) electrons. The van der Waals surface area contributed by atoms with Crippen molar-refractivity contribution < 1.29 is 4.79 Å². The Kier molecular flexibility index (Phi) is 5.13. The summed E-state index contributed by atoms with van der Waals surface area (Å²) in [4.78, 5) is 12.2. The van der Waals surface area contributed by atoms with Crippen molar-refractivity contribution in [1.29, 1.82) is 0 Å². The zero-order valence-electron chi connectivity index (χ0n) is 13.1. The van der Waals surface area contributed by atoms with Crippen molar-refractivity contribution in [3.63, 3.8) is 0 Å². The first-order valence-electron chi connectivity index (χ1n) is 7.53. The molecule has 0 fully saturated rings. The van der Waals surface area contributed by atoms with Crippen LogP contribution in [-0.2, 0) is 4.79 Å². The Morgan fingerprint density at radius 1 is 1.17 bits per heavy atom. The van der Waals surface area contributed by atoms with E-state index in [4.69, 9.17) is 11.6 Å². The number of para-hydroxylation sites is 1. The lowest BCUT2D eigenvalue weighted by atomic mass is 10.1. The number of amides is 1. The highest BCUT2D eigenvalue weighted by Gasteiger charge is 2.10. The molecule has 6 heteroatoms. The lowest BCUT2D eigenvalue weighted by Crippen LogP contribution is -2.23. The van der Waals surface area contributed by atoms with Crippen LogP contribution in [0.5, 0.6) is 0 Å². The van der Waals surface area contributed by atoms with Gasteiger partial charge in [0.25, 0.3) is 0 Å². The number of hydrogen-bond acceptors (Lipinski definition) is 3. The fourth-order valence-electron chi connectivity index (χ4n) is 2.23. The van der Waals surface area contributed by atoms with Gasteiger partial charge in [0.1, 0.15) is 0 Å². The average Bonchev–Trinajstić information content (AvgIpc) is 3.05. The summed E-state index contributed by atoms with van der Waals surface area (Å²) in [5.74, 6) is -0.115. The molecule has 122 valence electrons. The first kappa shape index (κ1) is 16.5. The van der Waals surface area contributed by atoms with Gasteiger partial charge in [-0.1, -0.05) is 48.9 Å². The van der Waals surface area contributed by atoms with Gasteiger partial charge >= 0.3 is 0 Å². The monoisotopic (exact) mass is 357 g/mol. The van der Waals surface area contributed by atoms with Crippen LogP contribution in [-0.4, -0.2) is 10.5 Å². The van der Waals surface area contributed by atoms with Crippen LogP contribution in [0.1, 0.15) is 13.3 Å². The van der Waals surface area contributed by atoms with Crippen LogP contribution in [0.3, 0.4) is 0 Å². The molecule has 24 heavy (non-hydrogen) atoms. The normalized spacial score (nSPS) is 11.5. The molecule has 1 heterocycles. The van der Waals surface area contributed by atoms with Gasteiger partial charge in [0, 0.05) is 22.5 Å². The first-order valence-corrected chi connectivity index (χ1v) is 8.79. The minimum absolute atomic E-state index is 0.115. The SMILES string of the molecule is CCC(=O)N/N=c1\scc(-c2ccc(Cl)cc2)n1-c1ccccc1. The standard InChI is InChI=1S/C18H16ClN3OS/c1-2-17(23)20-21-18-22(15-6-4-3-5-7-15)16(12-24-18)13-8-10-14(19)11-9-13/h3-12H,2H2,1H3,(H,20,23)/b21-18-. The van der Waals surface area contributed by atoms with Crippen LogP contribution >= 0.6 is 22.9 Å². The summed E-state index contributed by atoms with van der Waals surface area (Å²) in [6.45, 7) is 1.80. The van der Waals surface area contributed by atoms with Crippen molar-refractivity contribution in [1.82, 2.24) is 9.99 Å². The van der Waals surface area contributed by atoms with E-state index in [0.29, 0.717) is 16.2 Å². The third-order valence-corrected chi connectivity index (χ3v) is 4.54. The molecule has 0 saturated carbocycles. The average molecular weight is 358 g/mol. The first-order chi connectivity index (χ1) is 11.7. The molecule has 0 aliphatic carbocycles. The van der Waals surface area contributed by atoms with Gasteiger partial charge in [0.2, 0.25) is 10.7 Å². The predicted molar refractivity (Wildman–Crippen MR) is 98.1 cm³/mol. The predicted octanol–water partition coefficient (Wildman–Crippen LogP) is 4.20. The number of benzene rings is 2. The second kappa shape index (κ2) is 7.47. The Bertz CT molecular complexity index is 898. The minimum atomic E-state index is -0.115. The van der Waals surface area contributed by atoms with Crippen molar-refractivity contribution in [3.8, 4) is 16.9 Å². The third kappa shape index (κ3) is 3.58.